The Morgan fingerprint density at radius 2 is 1.96 bits per heavy atom. The van der Waals surface area contributed by atoms with Crippen molar-refractivity contribution in [1.29, 1.82) is 0 Å². The SMILES string of the molecule is CCOc1ccc(CN(C)[C@@H](C)C(=O)NCc2ccccc2Cl)cc1OC. The number of carbonyl (C=O) groups is 1. The van der Waals surface area contributed by atoms with E-state index in [1.807, 2.05) is 68.3 Å². The second-order valence-corrected chi connectivity index (χ2v) is 6.73. The van der Waals surface area contributed by atoms with Crippen LogP contribution in [0.2, 0.25) is 5.02 Å². The lowest BCUT2D eigenvalue weighted by atomic mass is 10.1. The predicted molar refractivity (Wildman–Crippen MR) is 108 cm³/mol. The van der Waals surface area contributed by atoms with Crippen molar-refractivity contribution in [2.75, 3.05) is 20.8 Å². The Bertz CT molecular complexity index is 767. The number of hydrogen-bond acceptors (Lipinski definition) is 4. The van der Waals surface area contributed by atoms with Crippen molar-refractivity contribution in [3.63, 3.8) is 0 Å². The molecule has 0 saturated carbocycles. The fourth-order valence-electron chi connectivity index (χ4n) is 2.68. The third-order valence-corrected chi connectivity index (χ3v) is 4.78. The zero-order chi connectivity index (χ0) is 19.8. The summed E-state index contributed by atoms with van der Waals surface area (Å²) in [5.74, 6) is 1.37. The molecular weight excluding hydrogens is 364 g/mol. The Labute approximate surface area is 166 Å². The van der Waals surface area contributed by atoms with Crippen LogP contribution in [0.25, 0.3) is 0 Å². The van der Waals surface area contributed by atoms with Gasteiger partial charge in [-0.05, 0) is 50.2 Å². The van der Waals surface area contributed by atoms with Crippen LogP contribution in [0.4, 0.5) is 0 Å². The van der Waals surface area contributed by atoms with E-state index in [2.05, 4.69) is 5.32 Å². The molecule has 0 aliphatic rings. The van der Waals surface area contributed by atoms with Crippen LogP contribution in [0.3, 0.4) is 0 Å². The molecule has 1 atom stereocenters. The highest BCUT2D eigenvalue weighted by Crippen LogP contribution is 2.28. The van der Waals surface area contributed by atoms with Gasteiger partial charge in [-0.15, -0.1) is 0 Å². The van der Waals surface area contributed by atoms with E-state index in [0.29, 0.717) is 30.5 Å². The topological polar surface area (TPSA) is 50.8 Å². The molecular formula is C21H27ClN2O3. The smallest absolute Gasteiger partial charge is 0.237 e. The first kappa shape index (κ1) is 21.1. The van der Waals surface area contributed by atoms with E-state index in [9.17, 15) is 4.79 Å². The number of nitrogens with zero attached hydrogens (tertiary/aromatic N) is 1. The minimum absolute atomic E-state index is 0.0460. The van der Waals surface area contributed by atoms with E-state index in [4.69, 9.17) is 21.1 Å². The number of likely N-dealkylation sites (N-methyl/N-ethyl adjacent to an activating group) is 1. The summed E-state index contributed by atoms with van der Waals surface area (Å²) in [6.45, 7) is 5.42. The Morgan fingerprint density at radius 3 is 2.63 bits per heavy atom. The second-order valence-electron chi connectivity index (χ2n) is 6.32. The molecule has 5 nitrogen and oxygen atoms in total. The van der Waals surface area contributed by atoms with Crippen molar-refractivity contribution < 1.29 is 14.3 Å². The maximum absolute atomic E-state index is 12.5. The lowest BCUT2D eigenvalue weighted by Gasteiger charge is -2.24. The van der Waals surface area contributed by atoms with Crippen LogP contribution in [0, 0.1) is 0 Å². The standard InChI is InChI=1S/C21H27ClN2O3/c1-5-27-19-11-10-16(12-20(19)26-4)14-24(3)15(2)21(25)23-13-17-8-6-7-9-18(17)22/h6-12,15H,5,13-14H2,1-4H3,(H,23,25)/t15-/m0/s1. The molecule has 0 unspecified atom stereocenters. The maximum atomic E-state index is 12.5. The van der Waals surface area contributed by atoms with Gasteiger partial charge < -0.3 is 14.8 Å². The summed E-state index contributed by atoms with van der Waals surface area (Å²) in [5, 5.41) is 3.60. The largest absolute Gasteiger partial charge is 0.493 e. The molecule has 0 bridgehead atoms. The first-order chi connectivity index (χ1) is 13.0. The van der Waals surface area contributed by atoms with Crippen molar-refractivity contribution in [1.82, 2.24) is 10.2 Å². The van der Waals surface area contributed by atoms with E-state index < -0.39 is 0 Å². The highest BCUT2D eigenvalue weighted by molar-refractivity contribution is 6.31. The molecule has 0 heterocycles. The average molecular weight is 391 g/mol. The van der Waals surface area contributed by atoms with E-state index in [1.165, 1.54) is 0 Å². The van der Waals surface area contributed by atoms with Gasteiger partial charge in [-0.25, -0.2) is 0 Å². The van der Waals surface area contributed by atoms with Gasteiger partial charge >= 0.3 is 0 Å². The van der Waals surface area contributed by atoms with E-state index in [0.717, 1.165) is 16.9 Å². The van der Waals surface area contributed by atoms with Crippen LogP contribution < -0.4 is 14.8 Å². The van der Waals surface area contributed by atoms with Gasteiger partial charge in [-0.3, -0.25) is 9.69 Å². The molecule has 2 rings (SSSR count). The first-order valence-electron chi connectivity index (χ1n) is 8.97. The third-order valence-electron chi connectivity index (χ3n) is 4.41. The van der Waals surface area contributed by atoms with E-state index in [-0.39, 0.29) is 11.9 Å². The summed E-state index contributed by atoms with van der Waals surface area (Å²) < 4.78 is 10.9. The fraction of sp³-hybridized carbons (Fsp3) is 0.381. The molecule has 27 heavy (non-hydrogen) atoms. The van der Waals surface area contributed by atoms with E-state index >= 15 is 0 Å². The number of rotatable bonds is 9. The molecule has 0 fully saturated rings. The number of benzene rings is 2. The lowest BCUT2D eigenvalue weighted by Crippen LogP contribution is -2.42. The monoisotopic (exact) mass is 390 g/mol. The molecule has 0 aromatic heterocycles. The van der Waals surface area contributed by atoms with Crippen LogP contribution in [0.1, 0.15) is 25.0 Å². The molecule has 2 aromatic carbocycles. The fourth-order valence-corrected chi connectivity index (χ4v) is 2.88. The predicted octanol–water partition coefficient (Wildman–Crippen LogP) is 3.88. The van der Waals surface area contributed by atoms with Gasteiger partial charge in [0.25, 0.3) is 0 Å². The van der Waals surface area contributed by atoms with Crippen molar-refractivity contribution in [3.8, 4) is 11.5 Å². The van der Waals surface area contributed by atoms with Crippen LogP contribution in [-0.4, -0.2) is 37.6 Å². The second kappa shape index (κ2) is 10.2. The molecule has 146 valence electrons. The summed E-state index contributed by atoms with van der Waals surface area (Å²) in [6, 6.07) is 13.0. The minimum atomic E-state index is -0.287. The Morgan fingerprint density at radius 1 is 1.22 bits per heavy atom. The molecule has 0 aliphatic heterocycles. The molecule has 2 aromatic rings. The number of nitrogens with one attached hydrogen (secondary N) is 1. The van der Waals surface area contributed by atoms with Crippen molar-refractivity contribution >= 4 is 17.5 Å². The highest BCUT2D eigenvalue weighted by Gasteiger charge is 2.18. The van der Waals surface area contributed by atoms with Gasteiger partial charge in [-0.2, -0.15) is 0 Å². The molecule has 1 N–H and O–H groups in total. The van der Waals surface area contributed by atoms with Gasteiger partial charge in [0.15, 0.2) is 11.5 Å². The average Bonchev–Trinajstić information content (AvgIpc) is 2.67. The summed E-state index contributed by atoms with van der Waals surface area (Å²) in [7, 11) is 3.54. The molecule has 0 radical (unpaired) electrons. The van der Waals surface area contributed by atoms with Crippen LogP contribution >= 0.6 is 11.6 Å². The van der Waals surface area contributed by atoms with Gasteiger partial charge in [0.05, 0.1) is 19.8 Å². The molecule has 0 aliphatic carbocycles. The Hall–Kier alpha value is -2.24. The number of carbonyl (C=O) groups excluding carboxylic acids is 1. The van der Waals surface area contributed by atoms with Crippen LogP contribution in [-0.2, 0) is 17.9 Å². The number of hydrogen-bond donors (Lipinski definition) is 1. The number of halogens is 1. The highest BCUT2D eigenvalue weighted by atomic mass is 35.5. The normalized spacial score (nSPS) is 11.9. The molecule has 0 spiro atoms. The van der Waals surface area contributed by atoms with Crippen LogP contribution in [0.15, 0.2) is 42.5 Å². The van der Waals surface area contributed by atoms with Gasteiger partial charge in [0.1, 0.15) is 0 Å². The zero-order valence-corrected chi connectivity index (χ0v) is 17.0. The minimum Gasteiger partial charge on any atom is -0.493 e. The summed E-state index contributed by atoms with van der Waals surface area (Å²) in [6.07, 6.45) is 0. The van der Waals surface area contributed by atoms with Crippen molar-refractivity contribution in [2.24, 2.45) is 0 Å². The van der Waals surface area contributed by atoms with Gasteiger partial charge in [0, 0.05) is 18.1 Å². The van der Waals surface area contributed by atoms with Crippen LogP contribution in [0.5, 0.6) is 11.5 Å². The maximum Gasteiger partial charge on any atom is 0.237 e. The van der Waals surface area contributed by atoms with Gasteiger partial charge in [0.2, 0.25) is 5.91 Å². The molecule has 1 amide bonds. The van der Waals surface area contributed by atoms with Crippen molar-refractivity contribution in [2.45, 2.75) is 33.0 Å². The van der Waals surface area contributed by atoms with Crippen molar-refractivity contribution in [3.05, 3.63) is 58.6 Å². The molecule has 0 saturated heterocycles. The number of methoxy groups -OCH3 is 1. The summed E-state index contributed by atoms with van der Waals surface area (Å²) in [4.78, 5) is 14.5. The first-order valence-corrected chi connectivity index (χ1v) is 9.35. The zero-order valence-electron chi connectivity index (χ0n) is 16.3. The number of ether oxygens (including phenoxy) is 2. The third kappa shape index (κ3) is 5.88. The summed E-state index contributed by atoms with van der Waals surface area (Å²) in [5.41, 5.74) is 1.95. The molecule has 6 heteroatoms. The number of amides is 1. The lowest BCUT2D eigenvalue weighted by molar-refractivity contribution is -0.125. The summed E-state index contributed by atoms with van der Waals surface area (Å²) >= 11 is 6.14. The van der Waals surface area contributed by atoms with Gasteiger partial charge in [-0.1, -0.05) is 35.9 Å². The van der Waals surface area contributed by atoms with E-state index in [1.54, 1.807) is 7.11 Å². The quantitative estimate of drug-likeness (QED) is 0.705. The Balaban J connectivity index is 1.95. The Kier molecular flexibility index (Phi) is 7.95.